The Balaban J connectivity index is 2.07. The lowest BCUT2D eigenvalue weighted by Gasteiger charge is -2.00. The van der Waals surface area contributed by atoms with Gasteiger partial charge >= 0.3 is 0 Å². The second-order valence-electron chi connectivity index (χ2n) is 3.63. The van der Waals surface area contributed by atoms with Gasteiger partial charge in [0, 0.05) is 17.8 Å². The van der Waals surface area contributed by atoms with E-state index in [1.54, 1.807) is 0 Å². The predicted molar refractivity (Wildman–Crippen MR) is 62.1 cm³/mol. The van der Waals surface area contributed by atoms with Crippen molar-refractivity contribution < 1.29 is 9.90 Å². The molecule has 0 saturated carbocycles. The van der Waals surface area contributed by atoms with Crippen molar-refractivity contribution in [1.82, 2.24) is 10.3 Å². The van der Waals surface area contributed by atoms with Crippen molar-refractivity contribution in [2.75, 3.05) is 13.2 Å². The quantitative estimate of drug-likeness (QED) is 0.711. The lowest BCUT2D eigenvalue weighted by Crippen LogP contribution is -2.27. The Morgan fingerprint density at radius 3 is 2.94 bits per heavy atom. The molecule has 1 amide bonds. The number of fused-ring (bicyclic) bond motifs is 1. The summed E-state index contributed by atoms with van der Waals surface area (Å²) in [5.41, 5.74) is 1.92. The third-order valence-electron chi connectivity index (χ3n) is 2.37. The zero-order chi connectivity index (χ0) is 11.4. The molecule has 16 heavy (non-hydrogen) atoms. The van der Waals surface area contributed by atoms with Gasteiger partial charge in [0.25, 0.3) is 0 Å². The Morgan fingerprint density at radius 1 is 1.38 bits per heavy atom. The molecule has 4 heteroatoms. The molecule has 3 N–H and O–H groups in total. The van der Waals surface area contributed by atoms with Gasteiger partial charge in [-0.25, -0.2) is 0 Å². The highest BCUT2D eigenvalue weighted by Crippen LogP contribution is 2.14. The van der Waals surface area contributed by atoms with Gasteiger partial charge in [0.1, 0.15) is 0 Å². The number of benzene rings is 1. The van der Waals surface area contributed by atoms with Crippen LogP contribution in [0.2, 0.25) is 0 Å². The fourth-order valence-corrected chi connectivity index (χ4v) is 1.66. The van der Waals surface area contributed by atoms with Gasteiger partial charge in [0.05, 0.1) is 13.0 Å². The molecular formula is C12H14N2O2. The molecule has 0 unspecified atom stereocenters. The minimum atomic E-state index is -0.0828. The number of carbonyl (C=O) groups excluding carboxylic acids is 1. The first-order valence-corrected chi connectivity index (χ1v) is 5.24. The van der Waals surface area contributed by atoms with Gasteiger partial charge in [0.2, 0.25) is 5.91 Å². The summed E-state index contributed by atoms with van der Waals surface area (Å²) in [6.45, 7) is 0.275. The smallest absolute Gasteiger partial charge is 0.226 e. The number of hydrogen-bond acceptors (Lipinski definition) is 2. The number of amides is 1. The van der Waals surface area contributed by atoms with Crippen LogP contribution in [0.15, 0.2) is 30.3 Å². The largest absolute Gasteiger partial charge is 0.395 e. The highest BCUT2D eigenvalue weighted by atomic mass is 16.3. The van der Waals surface area contributed by atoms with E-state index in [1.807, 2.05) is 30.3 Å². The molecule has 2 rings (SSSR count). The summed E-state index contributed by atoms with van der Waals surface area (Å²) in [6, 6.07) is 9.86. The average molecular weight is 218 g/mol. The van der Waals surface area contributed by atoms with Crippen LogP contribution in [0.1, 0.15) is 5.69 Å². The maximum absolute atomic E-state index is 11.4. The van der Waals surface area contributed by atoms with Gasteiger partial charge in [-0.05, 0) is 17.5 Å². The van der Waals surface area contributed by atoms with Crippen molar-refractivity contribution in [2.45, 2.75) is 6.42 Å². The molecule has 0 aliphatic rings. The van der Waals surface area contributed by atoms with E-state index < -0.39 is 0 Å². The fraction of sp³-hybridized carbons (Fsp3) is 0.250. The standard InChI is InChI=1S/C12H14N2O2/c15-6-5-13-12(16)8-10-7-9-3-1-2-4-11(9)14-10/h1-4,7,14-15H,5-6,8H2,(H,13,16). The number of para-hydroxylation sites is 1. The molecule has 0 aliphatic heterocycles. The lowest BCUT2D eigenvalue weighted by molar-refractivity contribution is -0.120. The molecule has 1 aromatic carbocycles. The number of aliphatic hydroxyl groups is 1. The van der Waals surface area contributed by atoms with Crippen LogP contribution in [0, 0.1) is 0 Å². The minimum Gasteiger partial charge on any atom is -0.395 e. The predicted octanol–water partition coefficient (Wildman–Crippen LogP) is 0.819. The molecule has 0 spiro atoms. The Kier molecular flexibility index (Phi) is 3.22. The number of nitrogens with one attached hydrogen (secondary N) is 2. The van der Waals surface area contributed by atoms with Gasteiger partial charge in [-0.15, -0.1) is 0 Å². The Labute approximate surface area is 93.3 Å². The normalized spacial score (nSPS) is 10.6. The van der Waals surface area contributed by atoms with Crippen molar-refractivity contribution in [2.24, 2.45) is 0 Å². The molecule has 84 valence electrons. The molecular weight excluding hydrogens is 204 g/mol. The Bertz CT molecular complexity index is 457. The molecule has 0 bridgehead atoms. The number of aromatic nitrogens is 1. The number of hydrogen-bond donors (Lipinski definition) is 3. The summed E-state index contributed by atoms with van der Waals surface area (Å²) < 4.78 is 0. The summed E-state index contributed by atoms with van der Waals surface area (Å²) in [5.74, 6) is -0.0828. The van der Waals surface area contributed by atoms with Crippen LogP contribution in [-0.2, 0) is 11.2 Å². The zero-order valence-corrected chi connectivity index (χ0v) is 8.86. The highest BCUT2D eigenvalue weighted by molar-refractivity contribution is 5.83. The van der Waals surface area contributed by atoms with Crippen LogP contribution in [0.4, 0.5) is 0 Å². The van der Waals surface area contributed by atoms with Gasteiger partial charge in [0.15, 0.2) is 0 Å². The molecule has 0 aliphatic carbocycles. The molecule has 1 heterocycles. The van der Waals surface area contributed by atoms with Gasteiger partial charge < -0.3 is 15.4 Å². The van der Waals surface area contributed by atoms with Crippen LogP contribution in [0.5, 0.6) is 0 Å². The van der Waals surface area contributed by atoms with E-state index in [0.29, 0.717) is 13.0 Å². The van der Waals surface area contributed by atoms with E-state index in [4.69, 9.17) is 5.11 Å². The molecule has 0 saturated heterocycles. The van der Waals surface area contributed by atoms with E-state index in [-0.39, 0.29) is 12.5 Å². The zero-order valence-electron chi connectivity index (χ0n) is 8.86. The van der Waals surface area contributed by atoms with Gasteiger partial charge in [-0.2, -0.15) is 0 Å². The number of H-pyrrole nitrogens is 1. The SMILES string of the molecule is O=C(Cc1cc2ccccc2[nH]1)NCCO. The highest BCUT2D eigenvalue weighted by Gasteiger charge is 2.05. The fourth-order valence-electron chi connectivity index (χ4n) is 1.66. The average Bonchev–Trinajstić information content (AvgIpc) is 2.68. The summed E-state index contributed by atoms with van der Waals surface area (Å²) in [7, 11) is 0. The molecule has 2 aromatic rings. The van der Waals surface area contributed by atoms with E-state index in [0.717, 1.165) is 16.6 Å². The van der Waals surface area contributed by atoms with Crippen LogP contribution < -0.4 is 5.32 Å². The van der Waals surface area contributed by atoms with Crippen LogP contribution in [0.3, 0.4) is 0 Å². The Morgan fingerprint density at radius 2 is 2.19 bits per heavy atom. The first-order chi connectivity index (χ1) is 7.79. The topological polar surface area (TPSA) is 65.1 Å². The van der Waals surface area contributed by atoms with Gasteiger partial charge in [-0.3, -0.25) is 4.79 Å². The van der Waals surface area contributed by atoms with Crippen LogP contribution in [-0.4, -0.2) is 29.1 Å². The maximum atomic E-state index is 11.4. The van der Waals surface area contributed by atoms with Gasteiger partial charge in [-0.1, -0.05) is 18.2 Å². The maximum Gasteiger partial charge on any atom is 0.226 e. The first kappa shape index (κ1) is 10.7. The molecule has 0 fully saturated rings. The van der Waals surface area contributed by atoms with Crippen molar-refractivity contribution >= 4 is 16.8 Å². The second-order valence-corrected chi connectivity index (χ2v) is 3.63. The summed E-state index contributed by atoms with van der Waals surface area (Å²) >= 11 is 0. The number of aromatic amines is 1. The summed E-state index contributed by atoms with van der Waals surface area (Å²) in [6.07, 6.45) is 0.314. The number of aliphatic hydroxyl groups excluding tert-OH is 1. The first-order valence-electron chi connectivity index (χ1n) is 5.24. The molecule has 0 radical (unpaired) electrons. The van der Waals surface area contributed by atoms with Crippen molar-refractivity contribution in [3.05, 3.63) is 36.0 Å². The van der Waals surface area contributed by atoms with E-state index in [9.17, 15) is 4.79 Å². The third-order valence-corrected chi connectivity index (χ3v) is 2.37. The minimum absolute atomic E-state index is 0.0293. The lowest BCUT2D eigenvalue weighted by atomic mass is 10.2. The van der Waals surface area contributed by atoms with Crippen molar-refractivity contribution in [1.29, 1.82) is 0 Å². The van der Waals surface area contributed by atoms with Crippen molar-refractivity contribution in [3.63, 3.8) is 0 Å². The monoisotopic (exact) mass is 218 g/mol. The second kappa shape index (κ2) is 4.81. The number of carbonyl (C=O) groups is 1. The number of rotatable bonds is 4. The summed E-state index contributed by atoms with van der Waals surface area (Å²) in [4.78, 5) is 14.6. The molecule has 0 atom stereocenters. The van der Waals surface area contributed by atoms with E-state index >= 15 is 0 Å². The Hall–Kier alpha value is -1.81. The van der Waals surface area contributed by atoms with Crippen molar-refractivity contribution in [3.8, 4) is 0 Å². The summed E-state index contributed by atoms with van der Waals surface area (Å²) in [5, 5.41) is 12.3. The van der Waals surface area contributed by atoms with Crippen LogP contribution in [0.25, 0.3) is 10.9 Å². The molecule has 4 nitrogen and oxygen atoms in total. The van der Waals surface area contributed by atoms with Crippen LogP contribution >= 0.6 is 0 Å². The molecule has 1 aromatic heterocycles. The third kappa shape index (κ3) is 2.41. The van der Waals surface area contributed by atoms with E-state index in [2.05, 4.69) is 10.3 Å². The van der Waals surface area contributed by atoms with E-state index in [1.165, 1.54) is 0 Å².